The number of ether oxygens (including phenoxy) is 1. The summed E-state index contributed by atoms with van der Waals surface area (Å²) < 4.78 is 5.21. The quantitative estimate of drug-likeness (QED) is 0.713. The van der Waals surface area contributed by atoms with Crippen molar-refractivity contribution >= 4 is 11.9 Å². The standard InChI is InChI=1S/C22H33NO3/c1-6-26-22(25)18(5)23(19-10-8-7-9-11-19)21(24)14-20-16(3)12-15(2)13-17(20)4/h12-13,18-19H,6-11,14H2,1-5H3/t18-/m0/s1. The zero-order valence-corrected chi connectivity index (χ0v) is 16.9. The van der Waals surface area contributed by atoms with Gasteiger partial charge in [0.2, 0.25) is 5.91 Å². The minimum atomic E-state index is -0.531. The Labute approximate surface area is 157 Å². The molecule has 0 spiro atoms. The van der Waals surface area contributed by atoms with Crippen molar-refractivity contribution < 1.29 is 14.3 Å². The van der Waals surface area contributed by atoms with E-state index >= 15 is 0 Å². The molecule has 1 saturated carbocycles. The van der Waals surface area contributed by atoms with E-state index in [9.17, 15) is 9.59 Å². The second-order valence-electron chi connectivity index (χ2n) is 7.57. The van der Waals surface area contributed by atoms with E-state index in [-0.39, 0.29) is 17.9 Å². The number of hydrogen-bond donors (Lipinski definition) is 0. The number of amides is 1. The summed E-state index contributed by atoms with van der Waals surface area (Å²) >= 11 is 0. The molecule has 0 saturated heterocycles. The largest absolute Gasteiger partial charge is 0.464 e. The summed E-state index contributed by atoms with van der Waals surface area (Å²) in [6.07, 6.45) is 5.74. The normalized spacial score (nSPS) is 16.2. The minimum absolute atomic E-state index is 0.0347. The lowest BCUT2D eigenvalue weighted by atomic mass is 9.91. The van der Waals surface area contributed by atoms with Crippen LogP contribution in [-0.2, 0) is 20.7 Å². The molecule has 1 atom stereocenters. The Hall–Kier alpha value is -1.84. The Kier molecular flexibility index (Phi) is 7.24. The smallest absolute Gasteiger partial charge is 0.328 e. The van der Waals surface area contributed by atoms with Gasteiger partial charge in [0.15, 0.2) is 0 Å². The van der Waals surface area contributed by atoms with Crippen LogP contribution < -0.4 is 0 Å². The third-order valence-electron chi connectivity index (χ3n) is 5.47. The first kappa shape index (κ1) is 20.5. The molecule has 1 aromatic rings. The minimum Gasteiger partial charge on any atom is -0.464 e. The third-order valence-corrected chi connectivity index (χ3v) is 5.47. The Bertz CT molecular complexity index is 624. The Balaban J connectivity index is 2.26. The topological polar surface area (TPSA) is 46.6 Å². The summed E-state index contributed by atoms with van der Waals surface area (Å²) in [7, 11) is 0. The summed E-state index contributed by atoms with van der Waals surface area (Å²) in [5, 5.41) is 0. The molecular formula is C22H33NO3. The molecule has 1 amide bonds. The molecule has 0 aliphatic heterocycles. The second-order valence-corrected chi connectivity index (χ2v) is 7.57. The molecule has 0 aromatic heterocycles. The van der Waals surface area contributed by atoms with E-state index in [1.165, 1.54) is 12.0 Å². The van der Waals surface area contributed by atoms with Gasteiger partial charge in [-0.15, -0.1) is 0 Å². The first-order chi connectivity index (χ1) is 12.3. The van der Waals surface area contributed by atoms with Gasteiger partial charge in [0.05, 0.1) is 13.0 Å². The number of esters is 1. The summed E-state index contributed by atoms with van der Waals surface area (Å²) in [6.45, 7) is 10.1. The Morgan fingerprint density at radius 1 is 1.12 bits per heavy atom. The number of aryl methyl sites for hydroxylation is 3. The zero-order chi connectivity index (χ0) is 19.3. The lowest BCUT2D eigenvalue weighted by molar-refractivity contribution is -0.156. The average molecular weight is 360 g/mol. The number of hydrogen-bond acceptors (Lipinski definition) is 3. The molecule has 0 heterocycles. The van der Waals surface area contributed by atoms with Gasteiger partial charge >= 0.3 is 5.97 Å². The van der Waals surface area contributed by atoms with Crippen molar-refractivity contribution in [3.8, 4) is 0 Å². The lowest BCUT2D eigenvalue weighted by Crippen LogP contribution is -2.51. The van der Waals surface area contributed by atoms with Crippen LogP contribution >= 0.6 is 0 Å². The van der Waals surface area contributed by atoms with Crippen molar-refractivity contribution in [3.63, 3.8) is 0 Å². The van der Waals surface area contributed by atoms with Crippen LogP contribution in [0.15, 0.2) is 12.1 Å². The number of nitrogens with zero attached hydrogens (tertiary/aromatic N) is 1. The van der Waals surface area contributed by atoms with Gasteiger partial charge in [0.25, 0.3) is 0 Å². The number of carbonyl (C=O) groups excluding carboxylic acids is 2. The fraction of sp³-hybridized carbons (Fsp3) is 0.636. The van der Waals surface area contributed by atoms with Gasteiger partial charge in [-0.25, -0.2) is 4.79 Å². The summed E-state index contributed by atoms with van der Waals surface area (Å²) in [4.78, 5) is 27.4. The maximum atomic E-state index is 13.3. The van der Waals surface area contributed by atoms with Crippen LogP contribution in [0, 0.1) is 20.8 Å². The molecule has 26 heavy (non-hydrogen) atoms. The number of rotatable bonds is 6. The first-order valence-corrected chi connectivity index (χ1v) is 9.89. The highest BCUT2D eigenvalue weighted by atomic mass is 16.5. The van der Waals surface area contributed by atoms with Crippen LogP contribution in [0.5, 0.6) is 0 Å². The van der Waals surface area contributed by atoms with E-state index in [1.54, 1.807) is 13.8 Å². The maximum Gasteiger partial charge on any atom is 0.328 e. The van der Waals surface area contributed by atoms with Crippen molar-refractivity contribution in [1.82, 2.24) is 4.90 Å². The van der Waals surface area contributed by atoms with E-state index < -0.39 is 6.04 Å². The van der Waals surface area contributed by atoms with Crippen molar-refractivity contribution in [2.24, 2.45) is 0 Å². The van der Waals surface area contributed by atoms with Crippen molar-refractivity contribution in [3.05, 3.63) is 34.4 Å². The molecule has 0 unspecified atom stereocenters. The third kappa shape index (κ3) is 4.87. The Morgan fingerprint density at radius 3 is 2.23 bits per heavy atom. The van der Waals surface area contributed by atoms with E-state index in [1.807, 2.05) is 4.90 Å². The molecule has 0 N–H and O–H groups in total. The van der Waals surface area contributed by atoms with Crippen LogP contribution in [0.3, 0.4) is 0 Å². The van der Waals surface area contributed by atoms with Crippen molar-refractivity contribution in [2.45, 2.75) is 85.2 Å². The van der Waals surface area contributed by atoms with Gasteiger partial charge in [0, 0.05) is 6.04 Å². The summed E-state index contributed by atoms with van der Waals surface area (Å²) in [5.41, 5.74) is 4.57. The van der Waals surface area contributed by atoms with Gasteiger partial charge in [-0.1, -0.05) is 37.0 Å². The van der Waals surface area contributed by atoms with E-state index in [4.69, 9.17) is 4.74 Å². The van der Waals surface area contributed by atoms with Gasteiger partial charge < -0.3 is 9.64 Å². The molecule has 4 heteroatoms. The second kappa shape index (κ2) is 9.20. The summed E-state index contributed by atoms with van der Waals surface area (Å²) in [5.74, 6) is -0.267. The van der Waals surface area contributed by atoms with E-state index in [0.29, 0.717) is 13.0 Å². The number of benzene rings is 1. The van der Waals surface area contributed by atoms with Crippen LogP contribution in [0.25, 0.3) is 0 Å². The fourth-order valence-electron chi connectivity index (χ4n) is 4.20. The highest BCUT2D eigenvalue weighted by molar-refractivity contribution is 5.86. The molecule has 1 aromatic carbocycles. The zero-order valence-electron chi connectivity index (χ0n) is 16.9. The molecule has 1 aliphatic carbocycles. The highest BCUT2D eigenvalue weighted by Crippen LogP contribution is 2.26. The molecule has 0 bridgehead atoms. The van der Waals surface area contributed by atoms with Crippen LogP contribution in [0.4, 0.5) is 0 Å². The Morgan fingerprint density at radius 2 is 1.69 bits per heavy atom. The predicted octanol–water partition coefficient (Wildman–Crippen LogP) is 4.27. The molecule has 144 valence electrons. The molecular weight excluding hydrogens is 326 g/mol. The maximum absolute atomic E-state index is 13.3. The molecule has 1 aliphatic rings. The van der Waals surface area contributed by atoms with Crippen LogP contribution in [0.1, 0.15) is 68.2 Å². The van der Waals surface area contributed by atoms with Crippen molar-refractivity contribution in [1.29, 1.82) is 0 Å². The summed E-state index contributed by atoms with van der Waals surface area (Å²) in [6, 6.07) is 3.85. The van der Waals surface area contributed by atoms with E-state index in [2.05, 4.69) is 32.9 Å². The molecule has 4 nitrogen and oxygen atoms in total. The molecule has 2 rings (SSSR count). The van der Waals surface area contributed by atoms with Gasteiger partial charge in [-0.2, -0.15) is 0 Å². The SMILES string of the molecule is CCOC(=O)[C@H](C)N(C(=O)Cc1c(C)cc(C)cc1C)C1CCCCC1. The fourth-order valence-corrected chi connectivity index (χ4v) is 4.20. The van der Waals surface area contributed by atoms with E-state index in [0.717, 1.165) is 42.4 Å². The monoisotopic (exact) mass is 359 g/mol. The highest BCUT2D eigenvalue weighted by Gasteiger charge is 2.34. The number of carbonyl (C=O) groups is 2. The lowest BCUT2D eigenvalue weighted by Gasteiger charge is -2.38. The predicted molar refractivity (Wildman–Crippen MR) is 104 cm³/mol. The van der Waals surface area contributed by atoms with Crippen molar-refractivity contribution in [2.75, 3.05) is 6.61 Å². The molecule has 1 fully saturated rings. The van der Waals surface area contributed by atoms with Gasteiger partial charge in [-0.3, -0.25) is 4.79 Å². The average Bonchev–Trinajstić information content (AvgIpc) is 2.59. The van der Waals surface area contributed by atoms with Crippen LogP contribution in [-0.4, -0.2) is 35.5 Å². The first-order valence-electron chi connectivity index (χ1n) is 9.89. The van der Waals surface area contributed by atoms with Gasteiger partial charge in [-0.05, 0) is 64.2 Å². The van der Waals surface area contributed by atoms with Gasteiger partial charge in [0.1, 0.15) is 6.04 Å². The van der Waals surface area contributed by atoms with Crippen LogP contribution in [0.2, 0.25) is 0 Å². The molecule has 0 radical (unpaired) electrons.